The Labute approximate surface area is 132 Å². The third-order valence-electron chi connectivity index (χ3n) is 3.55. The first-order valence-electron chi connectivity index (χ1n) is 7.36. The second kappa shape index (κ2) is 6.93. The Kier molecular flexibility index (Phi) is 5.20. The number of hydrogen-bond donors (Lipinski definition) is 0. The molecule has 3 nitrogen and oxygen atoms in total. The predicted molar refractivity (Wildman–Crippen MR) is 90.7 cm³/mol. The number of carbonyl (C=O) groups is 1. The number of aryl methyl sites for hydroxylation is 3. The summed E-state index contributed by atoms with van der Waals surface area (Å²) in [6, 6.07) is 11.0. The highest BCUT2D eigenvalue weighted by molar-refractivity contribution is 7.39. The van der Waals surface area contributed by atoms with Crippen molar-refractivity contribution in [3.63, 3.8) is 0 Å². The van der Waals surface area contributed by atoms with Crippen LogP contribution in [0.1, 0.15) is 39.5 Å². The van der Waals surface area contributed by atoms with E-state index < -0.39 is 8.03 Å². The Bertz CT molecular complexity index is 712. The normalized spacial score (nSPS) is 12.0. The molecule has 0 aliphatic heterocycles. The van der Waals surface area contributed by atoms with E-state index >= 15 is 0 Å². The quantitative estimate of drug-likeness (QED) is 0.592. The van der Waals surface area contributed by atoms with Gasteiger partial charge < -0.3 is 4.52 Å². The molecule has 22 heavy (non-hydrogen) atoms. The van der Waals surface area contributed by atoms with E-state index in [1.165, 1.54) is 0 Å². The van der Waals surface area contributed by atoms with Crippen LogP contribution in [0.4, 0.5) is 0 Å². The summed E-state index contributed by atoms with van der Waals surface area (Å²) in [6.07, 6.45) is 0.454. The fraction of sp³-hybridized carbons (Fsp3) is 0.278. The Morgan fingerprint density at radius 1 is 1.09 bits per heavy atom. The van der Waals surface area contributed by atoms with Gasteiger partial charge in [0.2, 0.25) is 8.03 Å². The van der Waals surface area contributed by atoms with E-state index in [4.69, 9.17) is 4.52 Å². The maximum Gasteiger partial charge on any atom is 0.236 e. The second-order valence-corrected chi connectivity index (χ2v) is 7.08. The molecule has 0 N–H and O–H groups in total. The molecular weight excluding hydrogens is 295 g/mol. The van der Waals surface area contributed by atoms with Gasteiger partial charge in [0.05, 0.1) is 5.56 Å². The monoisotopic (exact) mass is 316 g/mol. The summed E-state index contributed by atoms with van der Waals surface area (Å²) in [5.74, 6) is 0.314. The van der Waals surface area contributed by atoms with Crippen LogP contribution in [0.25, 0.3) is 0 Å². The van der Waals surface area contributed by atoms with Crippen molar-refractivity contribution in [2.24, 2.45) is 0 Å². The minimum absolute atomic E-state index is 0.0866. The number of carbonyl (C=O) groups excluding carboxylic acids is 1. The van der Waals surface area contributed by atoms with Gasteiger partial charge in [-0.25, -0.2) is 0 Å². The van der Waals surface area contributed by atoms with Crippen LogP contribution in [0.15, 0.2) is 36.4 Å². The molecular formula is C18H21O3P. The molecule has 0 heterocycles. The first kappa shape index (κ1) is 16.5. The molecule has 2 aromatic rings. The van der Waals surface area contributed by atoms with Crippen LogP contribution < -0.4 is 4.52 Å². The molecule has 0 fully saturated rings. The zero-order chi connectivity index (χ0) is 16.3. The summed E-state index contributed by atoms with van der Waals surface area (Å²) in [4.78, 5) is 12.9. The van der Waals surface area contributed by atoms with Gasteiger partial charge in [-0.15, -0.1) is 0 Å². The molecule has 4 heteroatoms. The zero-order valence-corrected chi connectivity index (χ0v) is 14.4. The SMILES string of the molecule is CC[PH](=O)Oc1ccccc1C(=O)c1c(C)cc(C)cc1C. The smallest absolute Gasteiger partial charge is 0.236 e. The van der Waals surface area contributed by atoms with Crippen LogP contribution in [-0.4, -0.2) is 11.9 Å². The third-order valence-corrected chi connectivity index (χ3v) is 4.57. The van der Waals surface area contributed by atoms with Gasteiger partial charge in [-0.2, -0.15) is 0 Å². The van der Waals surface area contributed by atoms with Gasteiger partial charge in [0.1, 0.15) is 5.75 Å². The molecule has 0 saturated heterocycles. The van der Waals surface area contributed by atoms with E-state index in [0.717, 1.165) is 16.7 Å². The van der Waals surface area contributed by atoms with Crippen molar-refractivity contribution in [1.29, 1.82) is 0 Å². The lowest BCUT2D eigenvalue weighted by atomic mass is 9.93. The van der Waals surface area contributed by atoms with Gasteiger partial charge in [0, 0.05) is 11.7 Å². The van der Waals surface area contributed by atoms with Crippen LogP contribution in [0.5, 0.6) is 5.75 Å². The first-order valence-corrected chi connectivity index (χ1v) is 8.88. The molecule has 1 unspecified atom stereocenters. The Morgan fingerprint density at radius 2 is 1.68 bits per heavy atom. The maximum absolute atomic E-state index is 12.9. The molecule has 0 amide bonds. The van der Waals surface area contributed by atoms with Crippen molar-refractivity contribution in [2.45, 2.75) is 27.7 Å². The summed E-state index contributed by atoms with van der Waals surface area (Å²) in [5, 5.41) is 0. The van der Waals surface area contributed by atoms with Crippen molar-refractivity contribution in [3.05, 3.63) is 64.2 Å². The summed E-state index contributed by atoms with van der Waals surface area (Å²) in [5.41, 5.74) is 4.18. The van der Waals surface area contributed by atoms with Gasteiger partial charge in [0.25, 0.3) is 0 Å². The molecule has 0 aliphatic carbocycles. The van der Waals surface area contributed by atoms with E-state index in [-0.39, 0.29) is 5.78 Å². The lowest BCUT2D eigenvalue weighted by molar-refractivity contribution is 0.103. The Hall–Kier alpha value is -1.86. The summed E-state index contributed by atoms with van der Waals surface area (Å²) in [7, 11) is -2.15. The van der Waals surface area contributed by atoms with Crippen molar-refractivity contribution in [3.8, 4) is 5.75 Å². The van der Waals surface area contributed by atoms with Gasteiger partial charge in [0.15, 0.2) is 5.78 Å². The predicted octanol–water partition coefficient (Wildman–Crippen LogP) is 4.72. The van der Waals surface area contributed by atoms with Gasteiger partial charge in [-0.05, 0) is 44.0 Å². The molecule has 0 spiro atoms. The van der Waals surface area contributed by atoms with Crippen LogP contribution in [0, 0.1) is 20.8 Å². The Balaban J connectivity index is 2.49. The average Bonchev–Trinajstić information content (AvgIpc) is 2.46. The van der Waals surface area contributed by atoms with E-state index in [9.17, 15) is 9.36 Å². The summed E-state index contributed by atoms with van der Waals surface area (Å²) >= 11 is 0. The maximum atomic E-state index is 12.9. The molecule has 1 atom stereocenters. The molecule has 0 aromatic heterocycles. The highest BCUT2D eigenvalue weighted by atomic mass is 31.1. The molecule has 2 rings (SSSR count). The summed E-state index contributed by atoms with van der Waals surface area (Å²) < 4.78 is 17.2. The zero-order valence-electron chi connectivity index (χ0n) is 13.4. The average molecular weight is 316 g/mol. The van der Waals surface area contributed by atoms with Gasteiger partial charge in [-0.1, -0.05) is 36.8 Å². The third kappa shape index (κ3) is 3.48. The molecule has 0 aliphatic rings. The largest absolute Gasteiger partial charge is 0.444 e. The van der Waals surface area contributed by atoms with Crippen LogP contribution >= 0.6 is 8.03 Å². The summed E-state index contributed by atoms with van der Waals surface area (Å²) in [6.45, 7) is 7.69. The van der Waals surface area contributed by atoms with Crippen LogP contribution in [0.3, 0.4) is 0 Å². The number of hydrogen-bond acceptors (Lipinski definition) is 3. The number of para-hydroxylation sites is 1. The highest BCUT2D eigenvalue weighted by Crippen LogP contribution is 2.31. The van der Waals surface area contributed by atoms with Crippen molar-refractivity contribution in [1.82, 2.24) is 0 Å². The molecule has 0 saturated carbocycles. The van der Waals surface area contributed by atoms with E-state index in [0.29, 0.717) is 23.0 Å². The fourth-order valence-corrected chi connectivity index (χ4v) is 3.18. The molecule has 0 bridgehead atoms. The van der Waals surface area contributed by atoms with Crippen molar-refractivity contribution in [2.75, 3.05) is 6.16 Å². The lowest BCUT2D eigenvalue weighted by Crippen LogP contribution is -2.08. The topological polar surface area (TPSA) is 43.4 Å². The van der Waals surface area contributed by atoms with Crippen molar-refractivity contribution < 1.29 is 13.9 Å². The lowest BCUT2D eigenvalue weighted by Gasteiger charge is -2.13. The minimum Gasteiger partial charge on any atom is -0.444 e. The van der Waals surface area contributed by atoms with Crippen LogP contribution in [0.2, 0.25) is 0 Å². The number of ketones is 1. The Morgan fingerprint density at radius 3 is 2.27 bits per heavy atom. The minimum atomic E-state index is -2.15. The van der Waals surface area contributed by atoms with Crippen molar-refractivity contribution >= 4 is 13.8 Å². The van der Waals surface area contributed by atoms with Crippen LogP contribution in [-0.2, 0) is 4.57 Å². The number of benzene rings is 2. The number of rotatable bonds is 5. The molecule has 2 aromatic carbocycles. The molecule has 0 radical (unpaired) electrons. The van der Waals surface area contributed by atoms with E-state index in [1.807, 2.05) is 32.9 Å². The standard InChI is InChI=1S/C18H21O3P/c1-5-22(20)21-16-9-7-6-8-15(16)18(19)17-13(3)10-12(2)11-14(17)4/h6-11,22H,5H2,1-4H3. The molecule has 116 valence electrons. The van der Waals surface area contributed by atoms with Gasteiger partial charge >= 0.3 is 0 Å². The van der Waals surface area contributed by atoms with E-state index in [1.54, 1.807) is 31.2 Å². The fourth-order valence-electron chi connectivity index (χ4n) is 2.61. The highest BCUT2D eigenvalue weighted by Gasteiger charge is 2.19. The second-order valence-electron chi connectivity index (χ2n) is 5.43. The van der Waals surface area contributed by atoms with E-state index in [2.05, 4.69) is 0 Å². The van der Waals surface area contributed by atoms with Gasteiger partial charge in [-0.3, -0.25) is 9.36 Å². The first-order chi connectivity index (χ1) is 10.4.